The van der Waals surface area contributed by atoms with Crippen molar-refractivity contribution in [1.82, 2.24) is 0 Å². The maximum atomic E-state index is 5.34. The average Bonchev–Trinajstić information content (AvgIpc) is 2.01. The van der Waals surface area contributed by atoms with Gasteiger partial charge in [-0.15, -0.1) is 0 Å². The van der Waals surface area contributed by atoms with Crippen LogP contribution in [0.1, 0.15) is 0 Å². The second-order valence-corrected chi connectivity index (χ2v) is 4.53. The largest absolute Gasteiger partial charge is 0.529 e. The quantitative estimate of drug-likeness (QED) is 0.611. The Balaban J connectivity index is 4.15. The van der Waals surface area contributed by atoms with Crippen molar-refractivity contribution < 1.29 is 13.3 Å². The molecule has 0 aliphatic heterocycles. The molecule has 10 heavy (non-hydrogen) atoms. The van der Waals surface area contributed by atoms with E-state index in [2.05, 4.69) is 0 Å². The van der Waals surface area contributed by atoms with Gasteiger partial charge in [0.1, 0.15) is 0 Å². The Labute approximate surface area is 66.9 Å². The van der Waals surface area contributed by atoms with E-state index in [-0.39, 0.29) is 0 Å². The standard InChI is InChI=1S/C5H11ClO3Si/c1-7-10(8-2,9-3)5-4-6/h4-5H,1-3H3/b5-4+. The summed E-state index contributed by atoms with van der Waals surface area (Å²) in [6.45, 7) is 0. The number of rotatable bonds is 4. The molecule has 0 aromatic rings. The van der Waals surface area contributed by atoms with Crippen LogP contribution in [0, 0.1) is 0 Å². The van der Waals surface area contributed by atoms with Gasteiger partial charge >= 0.3 is 8.80 Å². The van der Waals surface area contributed by atoms with Crippen molar-refractivity contribution >= 4 is 20.4 Å². The zero-order valence-electron chi connectivity index (χ0n) is 6.26. The summed E-state index contributed by atoms with van der Waals surface area (Å²) in [4.78, 5) is 0. The van der Waals surface area contributed by atoms with Crippen LogP contribution in [-0.2, 0) is 13.3 Å². The van der Waals surface area contributed by atoms with Crippen molar-refractivity contribution in [2.75, 3.05) is 21.3 Å². The highest BCUT2D eigenvalue weighted by Crippen LogP contribution is 2.07. The van der Waals surface area contributed by atoms with E-state index in [4.69, 9.17) is 24.9 Å². The van der Waals surface area contributed by atoms with Crippen LogP contribution in [0.25, 0.3) is 0 Å². The van der Waals surface area contributed by atoms with E-state index < -0.39 is 8.80 Å². The smallest absolute Gasteiger partial charge is 0.374 e. The molecule has 0 amide bonds. The van der Waals surface area contributed by atoms with Crippen LogP contribution in [-0.4, -0.2) is 30.1 Å². The van der Waals surface area contributed by atoms with Crippen molar-refractivity contribution in [3.8, 4) is 0 Å². The normalized spacial score (nSPS) is 12.8. The van der Waals surface area contributed by atoms with Gasteiger partial charge < -0.3 is 13.3 Å². The molecule has 0 saturated carbocycles. The number of hydrogen-bond acceptors (Lipinski definition) is 3. The molecule has 0 aromatic heterocycles. The van der Waals surface area contributed by atoms with Crippen LogP contribution in [0.3, 0.4) is 0 Å². The first-order chi connectivity index (χ1) is 4.74. The molecule has 0 aromatic carbocycles. The molecule has 0 rings (SSSR count). The fraction of sp³-hybridized carbons (Fsp3) is 0.600. The van der Waals surface area contributed by atoms with E-state index in [1.165, 1.54) is 26.9 Å². The lowest BCUT2D eigenvalue weighted by molar-refractivity contribution is 0.138. The van der Waals surface area contributed by atoms with Crippen LogP contribution in [0.5, 0.6) is 0 Å². The predicted molar refractivity (Wildman–Crippen MR) is 41.8 cm³/mol. The maximum Gasteiger partial charge on any atom is 0.529 e. The first-order valence-corrected chi connectivity index (χ1v) is 4.92. The molecule has 0 atom stereocenters. The molecular weight excluding hydrogens is 172 g/mol. The first kappa shape index (κ1) is 10.1. The van der Waals surface area contributed by atoms with Gasteiger partial charge in [0, 0.05) is 26.9 Å². The van der Waals surface area contributed by atoms with Gasteiger partial charge in [-0.3, -0.25) is 0 Å². The minimum absolute atomic E-state index is 1.34. The summed E-state index contributed by atoms with van der Waals surface area (Å²) in [5.41, 5.74) is 2.93. The third-order valence-corrected chi connectivity index (χ3v) is 3.74. The summed E-state index contributed by atoms with van der Waals surface area (Å²) in [5.74, 6) is 0. The Morgan fingerprint density at radius 1 is 1.10 bits per heavy atom. The van der Waals surface area contributed by atoms with Crippen LogP contribution in [0.15, 0.2) is 11.2 Å². The first-order valence-electron chi connectivity index (χ1n) is 2.68. The van der Waals surface area contributed by atoms with Crippen molar-refractivity contribution in [3.05, 3.63) is 11.2 Å². The van der Waals surface area contributed by atoms with Crippen molar-refractivity contribution in [3.63, 3.8) is 0 Å². The molecule has 0 bridgehead atoms. The van der Waals surface area contributed by atoms with Crippen molar-refractivity contribution in [1.29, 1.82) is 0 Å². The Hall–Kier alpha value is 0.127. The second-order valence-electron chi connectivity index (χ2n) is 1.51. The fourth-order valence-corrected chi connectivity index (χ4v) is 2.06. The van der Waals surface area contributed by atoms with E-state index in [1.54, 1.807) is 5.70 Å². The molecule has 0 saturated heterocycles. The van der Waals surface area contributed by atoms with Crippen LogP contribution < -0.4 is 0 Å². The molecule has 0 heterocycles. The molecule has 0 radical (unpaired) electrons. The zero-order chi connectivity index (χ0) is 8.04. The third-order valence-electron chi connectivity index (χ3n) is 1.12. The maximum absolute atomic E-state index is 5.34. The molecule has 5 heteroatoms. The zero-order valence-corrected chi connectivity index (χ0v) is 8.01. The molecule has 0 spiro atoms. The molecule has 0 unspecified atom stereocenters. The summed E-state index contributed by atoms with van der Waals surface area (Å²) < 4.78 is 15.0. The molecule has 3 nitrogen and oxygen atoms in total. The van der Waals surface area contributed by atoms with E-state index in [0.29, 0.717) is 0 Å². The van der Waals surface area contributed by atoms with Gasteiger partial charge in [0.25, 0.3) is 0 Å². The topological polar surface area (TPSA) is 27.7 Å². The summed E-state index contributed by atoms with van der Waals surface area (Å²) in [7, 11) is 2.04. The van der Waals surface area contributed by atoms with Gasteiger partial charge in [0.2, 0.25) is 0 Å². The lowest BCUT2D eigenvalue weighted by Gasteiger charge is -2.19. The molecule has 0 aliphatic carbocycles. The lowest BCUT2D eigenvalue weighted by Crippen LogP contribution is -2.40. The Kier molecular flexibility index (Phi) is 4.93. The highest BCUT2D eigenvalue weighted by Gasteiger charge is 2.34. The van der Waals surface area contributed by atoms with Gasteiger partial charge in [-0.25, -0.2) is 0 Å². The highest BCUT2D eigenvalue weighted by molar-refractivity contribution is 6.67. The van der Waals surface area contributed by atoms with Crippen LogP contribution in [0.2, 0.25) is 0 Å². The summed E-state index contributed by atoms with van der Waals surface area (Å²) in [5, 5.41) is 0. The molecule has 0 fully saturated rings. The van der Waals surface area contributed by atoms with Crippen molar-refractivity contribution in [2.45, 2.75) is 0 Å². The highest BCUT2D eigenvalue weighted by atomic mass is 35.5. The predicted octanol–water partition coefficient (Wildman–Crippen LogP) is 1.16. The van der Waals surface area contributed by atoms with Gasteiger partial charge in [0.15, 0.2) is 0 Å². The van der Waals surface area contributed by atoms with Gasteiger partial charge in [-0.1, -0.05) is 11.6 Å². The van der Waals surface area contributed by atoms with Gasteiger partial charge in [-0.2, -0.15) is 0 Å². The average molecular weight is 183 g/mol. The van der Waals surface area contributed by atoms with E-state index in [9.17, 15) is 0 Å². The van der Waals surface area contributed by atoms with Crippen LogP contribution in [0.4, 0.5) is 0 Å². The minimum Gasteiger partial charge on any atom is -0.374 e. The second kappa shape index (κ2) is 4.87. The minimum atomic E-state index is -2.53. The summed E-state index contributed by atoms with van der Waals surface area (Å²) in [6, 6.07) is 0. The molecule has 0 aliphatic rings. The lowest BCUT2D eigenvalue weighted by atomic mass is 11.3. The Morgan fingerprint density at radius 3 is 1.60 bits per heavy atom. The van der Waals surface area contributed by atoms with E-state index in [0.717, 1.165) is 0 Å². The van der Waals surface area contributed by atoms with Gasteiger partial charge in [0.05, 0.1) is 0 Å². The summed E-state index contributed by atoms with van der Waals surface area (Å²) >= 11 is 5.34. The Morgan fingerprint density at radius 2 is 1.50 bits per heavy atom. The monoisotopic (exact) mass is 182 g/mol. The molecule has 60 valence electrons. The third kappa shape index (κ3) is 2.40. The fourth-order valence-electron chi connectivity index (χ4n) is 0.531. The van der Waals surface area contributed by atoms with Crippen LogP contribution >= 0.6 is 11.6 Å². The van der Waals surface area contributed by atoms with Crippen molar-refractivity contribution in [2.24, 2.45) is 0 Å². The SMILES string of the molecule is CO[Si](/C=C/Cl)(OC)OC. The molecule has 0 N–H and O–H groups in total. The van der Waals surface area contributed by atoms with Gasteiger partial charge in [-0.05, 0) is 5.70 Å². The summed E-state index contributed by atoms with van der Waals surface area (Å²) in [6.07, 6.45) is 0. The van der Waals surface area contributed by atoms with E-state index >= 15 is 0 Å². The Bertz CT molecular complexity index is 105. The number of hydrogen-bond donors (Lipinski definition) is 0. The number of halogens is 1. The molecular formula is C5H11ClO3Si. The van der Waals surface area contributed by atoms with E-state index in [1.807, 2.05) is 0 Å².